The van der Waals surface area contributed by atoms with E-state index < -0.39 is 0 Å². The number of hydrogen-bond donors (Lipinski definition) is 2. The number of nitrogens with one attached hydrogen (secondary N) is 1. The third kappa shape index (κ3) is 3.30. The number of ether oxygens (including phenoxy) is 1. The zero-order valence-corrected chi connectivity index (χ0v) is 9.44. The molecule has 3 N–H and O–H groups in total. The van der Waals surface area contributed by atoms with Crippen LogP contribution < -0.4 is 11.3 Å². The highest BCUT2D eigenvalue weighted by atomic mass is 16.5. The van der Waals surface area contributed by atoms with Crippen LogP contribution in [0.15, 0.2) is 30.3 Å². The lowest BCUT2D eigenvalue weighted by molar-refractivity contribution is 0.0647. The Hall–Kier alpha value is -0.900. The van der Waals surface area contributed by atoms with E-state index in [0.29, 0.717) is 0 Å². The van der Waals surface area contributed by atoms with E-state index in [1.807, 2.05) is 18.2 Å². The fourth-order valence-corrected chi connectivity index (χ4v) is 1.81. The highest BCUT2D eigenvalue weighted by Gasteiger charge is 2.20. The van der Waals surface area contributed by atoms with Crippen molar-refractivity contribution in [2.24, 2.45) is 5.84 Å². The van der Waals surface area contributed by atoms with Gasteiger partial charge in [-0.25, -0.2) is 0 Å². The third-order valence-electron chi connectivity index (χ3n) is 2.56. The van der Waals surface area contributed by atoms with Crippen LogP contribution in [0.3, 0.4) is 0 Å². The van der Waals surface area contributed by atoms with Crippen molar-refractivity contribution < 1.29 is 4.74 Å². The average molecular weight is 208 g/mol. The summed E-state index contributed by atoms with van der Waals surface area (Å²) in [6, 6.07) is 10.3. The number of hydrazine groups is 1. The Morgan fingerprint density at radius 2 is 2.00 bits per heavy atom. The summed E-state index contributed by atoms with van der Waals surface area (Å²) in [5.74, 6) is 5.54. The van der Waals surface area contributed by atoms with Gasteiger partial charge in [0.15, 0.2) is 0 Å². The average Bonchev–Trinajstić information content (AvgIpc) is 2.30. The monoisotopic (exact) mass is 208 g/mol. The highest BCUT2D eigenvalue weighted by molar-refractivity contribution is 5.19. The molecule has 0 aliphatic rings. The van der Waals surface area contributed by atoms with Gasteiger partial charge in [-0.05, 0) is 12.0 Å². The molecular weight excluding hydrogens is 188 g/mol. The summed E-state index contributed by atoms with van der Waals surface area (Å²) in [5, 5.41) is 0. The summed E-state index contributed by atoms with van der Waals surface area (Å²) >= 11 is 0. The Morgan fingerprint density at radius 1 is 1.33 bits per heavy atom. The molecule has 84 valence electrons. The molecule has 1 rings (SSSR count). The largest absolute Gasteiger partial charge is 0.375 e. The minimum atomic E-state index is 0.0242. The quantitative estimate of drug-likeness (QED) is 0.555. The SMILES string of the molecule is CCCC(NN)C(OC)c1ccccc1. The summed E-state index contributed by atoms with van der Waals surface area (Å²) in [5.41, 5.74) is 3.99. The van der Waals surface area contributed by atoms with E-state index >= 15 is 0 Å². The molecule has 0 aliphatic heterocycles. The predicted octanol–water partition coefficient (Wildman–Crippen LogP) is 2.01. The van der Waals surface area contributed by atoms with E-state index in [1.165, 1.54) is 0 Å². The van der Waals surface area contributed by atoms with Gasteiger partial charge in [0.2, 0.25) is 0 Å². The molecular formula is C12H20N2O. The molecule has 0 saturated carbocycles. The second kappa shape index (κ2) is 6.56. The first-order valence-corrected chi connectivity index (χ1v) is 5.37. The first-order valence-electron chi connectivity index (χ1n) is 5.37. The highest BCUT2D eigenvalue weighted by Crippen LogP contribution is 2.22. The molecule has 0 saturated heterocycles. The van der Waals surface area contributed by atoms with Crippen LogP contribution in [0.25, 0.3) is 0 Å². The molecule has 3 nitrogen and oxygen atoms in total. The molecule has 3 heteroatoms. The van der Waals surface area contributed by atoms with Crippen molar-refractivity contribution in [2.75, 3.05) is 7.11 Å². The molecule has 1 aromatic rings. The minimum absolute atomic E-state index is 0.0242. The molecule has 0 heterocycles. The summed E-state index contributed by atoms with van der Waals surface area (Å²) < 4.78 is 5.50. The fourth-order valence-electron chi connectivity index (χ4n) is 1.81. The lowest BCUT2D eigenvalue weighted by Crippen LogP contribution is -2.40. The lowest BCUT2D eigenvalue weighted by atomic mass is 9.99. The van der Waals surface area contributed by atoms with Gasteiger partial charge < -0.3 is 4.74 Å². The van der Waals surface area contributed by atoms with Crippen LogP contribution in [-0.2, 0) is 4.74 Å². The summed E-state index contributed by atoms with van der Waals surface area (Å²) in [6.07, 6.45) is 2.11. The van der Waals surface area contributed by atoms with Gasteiger partial charge in [0.1, 0.15) is 0 Å². The fraction of sp³-hybridized carbons (Fsp3) is 0.500. The van der Waals surface area contributed by atoms with Gasteiger partial charge in [0, 0.05) is 7.11 Å². The number of methoxy groups -OCH3 is 1. The van der Waals surface area contributed by atoms with E-state index in [1.54, 1.807) is 7.11 Å². The second-order valence-corrected chi connectivity index (χ2v) is 3.63. The minimum Gasteiger partial charge on any atom is -0.375 e. The van der Waals surface area contributed by atoms with E-state index in [-0.39, 0.29) is 12.1 Å². The molecule has 0 bridgehead atoms. The summed E-state index contributed by atoms with van der Waals surface area (Å²) in [4.78, 5) is 0. The van der Waals surface area contributed by atoms with Crippen molar-refractivity contribution in [3.8, 4) is 0 Å². The van der Waals surface area contributed by atoms with Gasteiger partial charge in [-0.2, -0.15) is 0 Å². The lowest BCUT2D eigenvalue weighted by Gasteiger charge is -2.25. The van der Waals surface area contributed by atoms with Gasteiger partial charge >= 0.3 is 0 Å². The smallest absolute Gasteiger partial charge is 0.0987 e. The second-order valence-electron chi connectivity index (χ2n) is 3.63. The van der Waals surface area contributed by atoms with E-state index in [0.717, 1.165) is 18.4 Å². The third-order valence-corrected chi connectivity index (χ3v) is 2.56. The van der Waals surface area contributed by atoms with E-state index in [4.69, 9.17) is 10.6 Å². The van der Waals surface area contributed by atoms with Crippen LogP contribution in [0.4, 0.5) is 0 Å². The standard InChI is InChI=1S/C12H20N2O/c1-3-7-11(14-13)12(15-2)10-8-5-4-6-9-10/h4-6,8-9,11-12,14H,3,7,13H2,1-2H3. The summed E-state index contributed by atoms with van der Waals surface area (Å²) in [7, 11) is 1.72. The maximum Gasteiger partial charge on any atom is 0.0987 e. The molecule has 0 aromatic heterocycles. The van der Waals surface area contributed by atoms with Crippen LogP contribution in [0.5, 0.6) is 0 Å². The summed E-state index contributed by atoms with van der Waals surface area (Å²) in [6.45, 7) is 2.14. The zero-order chi connectivity index (χ0) is 11.1. The van der Waals surface area contributed by atoms with Crippen LogP contribution in [-0.4, -0.2) is 13.2 Å². The van der Waals surface area contributed by atoms with Gasteiger partial charge in [0.25, 0.3) is 0 Å². The van der Waals surface area contributed by atoms with Gasteiger partial charge in [-0.3, -0.25) is 11.3 Å². The van der Waals surface area contributed by atoms with Crippen molar-refractivity contribution in [3.63, 3.8) is 0 Å². The van der Waals surface area contributed by atoms with Crippen molar-refractivity contribution in [3.05, 3.63) is 35.9 Å². The van der Waals surface area contributed by atoms with Crippen molar-refractivity contribution in [1.82, 2.24) is 5.43 Å². The van der Waals surface area contributed by atoms with Gasteiger partial charge in [0.05, 0.1) is 12.1 Å². The van der Waals surface area contributed by atoms with Crippen molar-refractivity contribution >= 4 is 0 Å². The van der Waals surface area contributed by atoms with E-state index in [9.17, 15) is 0 Å². The topological polar surface area (TPSA) is 47.3 Å². The molecule has 0 aliphatic carbocycles. The first kappa shape index (κ1) is 12.2. The molecule has 0 radical (unpaired) electrons. The van der Waals surface area contributed by atoms with E-state index in [2.05, 4.69) is 24.5 Å². The molecule has 0 fully saturated rings. The Bertz CT molecular complexity index is 264. The maximum absolute atomic E-state index is 5.54. The van der Waals surface area contributed by atoms with Crippen molar-refractivity contribution in [1.29, 1.82) is 0 Å². The van der Waals surface area contributed by atoms with Crippen LogP contribution >= 0.6 is 0 Å². The Morgan fingerprint density at radius 3 is 2.47 bits per heavy atom. The molecule has 2 unspecified atom stereocenters. The molecule has 15 heavy (non-hydrogen) atoms. The zero-order valence-electron chi connectivity index (χ0n) is 9.44. The number of rotatable bonds is 6. The molecule has 0 spiro atoms. The molecule has 2 atom stereocenters. The number of nitrogens with two attached hydrogens (primary N) is 1. The van der Waals surface area contributed by atoms with Crippen LogP contribution in [0, 0.1) is 0 Å². The predicted molar refractivity (Wildman–Crippen MR) is 62.2 cm³/mol. The molecule has 1 aromatic carbocycles. The van der Waals surface area contributed by atoms with Gasteiger partial charge in [-0.1, -0.05) is 43.7 Å². The van der Waals surface area contributed by atoms with Crippen LogP contribution in [0.2, 0.25) is 0 Å². The molecule has 0 amide bonds. The number of hydrogen-bond acceptors (Lipinski definition) is 3. The Labute approximate surface area is 91.6 Å². The number of benzene rings is 1. The van der Waals surface area contributed by atoms with Crippen molar-refractivity contribution in [2.45, 2.75) is 31.9 Å². The van der Waals surface area contributed by atoms with Crippen LogP contribution in [0.1, 0.15) is 31.4 Å². The van der Waals surface area contributed by atoms with Gasteiger partial charge in [-0.15, -0.1) is 0 Å². The first-order chi connectivity index (χ1) is 7.33. The Balaban J connectivity index is 2.77. The maximum atomic E-state index is 5.54. The normalized spacial score (nSPS) is 14.9. The Kier molecular flexibility index (Phi) is 5.32.